The Hall–Kier alpha value is -3.19. The SMILES string of the molecule is Cc1[nH]c2ccccc2c1-c1csc(NC(=O)COc2ccc(F)cc2)n1. The molecule has 4 aromatic rings. The summed E-state index contributed by atoms with van der Waals surface area (Å²) in [4.78, 5) is 20.0. The smallest absolute Gasteiger partial charge is 0.264 e. The van der Waals surface area contributed by atoms with Crippen molar-refractivity contribution in [2.24, 2.45) is 0 Å². The molecule has 0 radical (unpaired) electrons. The third kappa shape index (κ3) is 3.68. The zero-order valence-electron chi connectivity index (χ0n) is 14.5. The number of ether oxygens (including phenoxy) is 1. The van der Waals surface area contributed by atoms with Crippen molar-refractivity contribution in [1.29, 1.82) is 0 Å². The van der Waals surface area contributed by atoms with Gasteiger partial charge in [-0.05, 0) is 37.3 Å². The number of rotatable bonds is 5. The average Bonchev–Trinajstić information content (AvgIpc) is 3.24. The standard InChI is InChI=1S/C20H16FN3O2S/c1-12-19(15-4-2-3-5-16(15)22-12)17-11-27-20(23-17)24-18(25)10-26-14-8-6-13(21)7-9-14/h2-9,11,22H,10H2,1H3,(H,23,24,25). The van der Waals surface area contributed by atoms with Crippen molar-refractivity contribution in [3.8, 4) is 17.0 Å². The second-order valence-corrected chi connectivity index (χ2v) is 6.86. The predicted octanol–water partition coefficient (Wildman–Crippen LogP) is 4.76. The summed E-state index contributed by atoms with van der Waals surface area (Å²) in [5.74, 6) is -0.244. The molecule has 5 nitrogen and oxygen atoms in total. The number of H-pyrrole nitrogens is 1. The maximum atomic E-state index is 12.9. The van der Waals surface area contributed by atoms with Crippen LogP contribution in [0.15, 0.2) is 53.9 Å². The van der Waals surface area contributed by atoms with E-state index in [9.17, 15) is 9.18 Å². The summed E-state index contributed by atoms with van der Waals surface area (Å²) in [7, 11) is 0. The lowest BCUT2D eigenvalue weighted by atomic mass is 10.1. The van der Waals surface area contributed by atoms with Crippen LogP contribution in [0, 0.1) is 12.7 Å². The number of benzene rings is 2. The average molecular weight is 381 g/mol. The Labute approximate surface area is 158 Å². The molecule has 0 aliphatic rings. The third-order valence-electron chi connectivity index (χ3n) is 4.08. The minimum atomic E-state index is -0.352. The van der Waals surface area contributed by atoms with Gasteiger partial charge in [0.1, 0.15) is 11.6 Å². The van der Waals surface area contributed by atoms with Gasteiger partial charge in [0.15, 0.2) is 11.7 Å². The van der Waals surface area contributed by atoms with E-state index in [0.29, 0.717) is 10.9 Å². The topological polar surface area (TPSA) is 67.0 Å². The Morgan fingerprint density at radius 1 is 1.22 bits per heavy atom. The number of para-hydroxylation sites is 1. The monoisotopic (exact) mass is 381 g/mol. The van der Waals surface area contributed by atoms with Crippen molar-refractivity contribution in [1.82, 2.24) is 9.97 Å². The maximum absolute atomic E-state index is 12.9. The predicted molar refractivity (Wildman–Crippen MR) is 105 cm³/mol. The van der Waals surface area contributed by atoms with Gasteiger partial charge in [0.05, 0.1) is 5.69 Å². The van der Waals surface area contributed by atoms with E-state index in [0.717, 1.165) is 27.9 Å². The summed E-state index contributed by atoms with van der Waals surface area (Å²) in [6, 6.07) is 13.5. The van der Waals surface area contributed by atoms with Crippen LogP contribution in [-0.2, 0) is 4.79 Å². The third-order valence-corrected chi connectivity index (χ3v) is 4.84. The molecule has 1 amide bonds. The molecule has 0 aliphatic heterocycles. The highest BCUT2D eigenvalue weighted by atomic mass is 32.1. The van der Waals surface area contributed by atoms with Gasteiger partial charge in [0, 0.05) is 27.5 Å². The molecule has 7 heteroatoms. The number of aromatic amines is 1. The van der Waals surface area contributed by atoms with Gasteiger partial charge in [-0.25, -0.2) is 9.37 Å². The molecule has 2 N–H and O–H groups in total. The van der Waals surface area contributed by atoms with Gasteiger partial charge in [-0.3, -0.25) is 10.1 Å². The van der Waals surface area contributed by atoms with E-state index in [2.05, 4.69) is 15.3 Å². The summed E-state index contributed by atoms with van der Waals surface area (Å²) in [5, 5.41) is 6.25. The number of nitrogens with one attached hydrogen (secondary N) is 2. The summed E-state index contributed by atoms with van der Waals surface area (Å²) in [6.45, 7) is 1.83. The van der Waals surface area contributed by atoms with E-state index in [1.165, 1.54) is 35.6 Å². The summed E-state index contributed by atoms with van der Waals surface area (Å²) < 4.78 is 18.2. The number of nitrogens with zero attached hydrogens (tertiary/aromatic N) is 1. The Balaban J connectivity index is 1.45. The Morgan fingerprint density at radius 3 is 2.81 bits per heavy atom. The van der Waals surface area contributed by atoms with E-state index in [1.807, 2.05) is 36.6 Å². The van der Waals surface area contributed by atoms with Crippen molar-refractivity contribution in [2.75, 3.05) is 11.9 Å². The van der Waals surface area contributed by atoms with Gasteiger partial charge in [0.25, 0.3) is 5.91 Å². The highest BCUT2D eigenvalue weighted by Crippen LogP contribution is 2.33. The van der Waals surface area contributed by atoms with Crippen LogP contribution in [0.5, 0.6) is 5.75 Å². The van der Waals surface area contributed by atoms with Crippen LogP contribution in [0.1, 0.15) is 5.69 Å². The van der Waals surface area contributed by atoms with Gasteiger partial charge in [0.2, 0.25) is 0 Å². The fraction of sp³-hybridized carbons (Fsp3) is 0.100. The van der Waals surface area contributed by atoms with Crippen molar-refractivity contribution >= 4 is 33.3 Å². The van der Waals surface area contributed by atoms with Gasteiger partial charge in [-0.15, -0.1) is 11.3 Å². The fourth-order valence-corrected chi connectivity index (χ4v) is 3.61. The summed E-state index contributed by atoms with van der Waals surface area (Å²) in [6.07, 6.45) is 0. The lowest BCUT2D eigenvalue weighted by Crippen LogP contribution is -2.20. The molecular formula is C20H16FN3O2S. The first kappa shape index (κ1) is 17.2. The number of thiazole rings is 1. The molecule has 0 fully saturated rings. The van der Waals surface area contributed by atoms with Crippen molar-refractivity contribution in [3.05, 3.63) is 65.4 Å². The van der Waals surface area contributed by atoms with Crippen LogP contribution in [0.3, 0.4) is 0 Å². The highest BCUT2D eigenvalue weighted by molar-refractivity contribution is 7.14. The lowest BCUT2D eigenvalue weighted by Gasteiger charge is -2.05. The first-order valence-electron chi connectivity index (χ1n) is 8.31. The van der Waals surface area contributed by atoms with Crippen LogP contribution < -0.4 is 10.1 Å². The van der Waals surface area contributed by atoms with E-state index in [-0.39, 0.29) is 18.3 Å². The molecule has 0 saturated carbocycles. The van der Waals surface area contributed by atoms with Crippen LogP contribution in [0.4, 0.5) is 9.52 Å². The van der Waals surface area contributed by atoms with Gasteiger partial charge in [-0.1, -0.05) is 18.2 Å². The summed E-state index contributed by atoms with van der Waals surface area (Å²) in [5.41, 5.74) is 3.92. The van der Waals surface area contributed by atoms with E-state index < -0.39 is 0 Å². The number of fused-ring (bicyclic) bond motifs is 1. The molecule has 2 aromatic carbocycles. The normalized spacial score (nSPS) is 10.9. The molecular weight excluding hydrogens is 365 g/mol. The van der Waals surface area contributed by atoms with E-state index in [4.69, 9.17) is 4.74 Å². The van der Waals surface area contributed by atoms with Crippen molar-refractivity contribution in [2.45, 2.75) is 6.92 Å². The minimum absolute atomic E-state index is 0.174. The van der Waals surface area contributed by atoms with Crippen LogP contribution in [-0.4, -0.2) is 22.5 Å². The lowest BCUT2D eigenvalue weighted by molar-refractivity contribution is -0.118. The molecule has 4 rings (SSSR count). The van der Waals surface area contributed by atoms with Gasteiger partial charge >= 0.3 is 0 Å². The molecule has 2 heterocycles. The number of halogens is 1. The van der Waals surface area contributed by atoms with Crippen molar-refractivity contribution in [3.63, 3.8) is 0 Å². The zero-order chi connectivity index (χ0) is 18.8. The number of aromatic nitrogens is 2. The molecule has 0 bridgehead atoms. The second-order valence-electron chi connectivity index (χ2n) is 6.00. The minimum Gasteiger partial charge on any atom is -0.484 e. The Morgan fingerprint density at radius 2 is 2.00 bits per heavy atom. The molecule has 0 unspecified atom stereocenters. The quantitative estimate of drug-likeness (QED) is 0.524. The molecule has 0 spiro atoms. The zero-order valence-corrected chi connectivity index (χ0v) is 15.3. The molecule has 0 saturated heterocycles. The number of hydrogen-bond donors (Lipinski definition) is 2. The number of amides is 1. The number of hydrogen-bond acceptors (Lipinski definition) is 4. The number of aryl methyl sites for hydroxylation is 1. The van der Waals surface area contributed by atoms with Crippen molar-refractivity contribution < 1.29 is 13.9 Å². The molecule has 0 aliphatic carbocycles. The largest absolute Gasteiger partial charge is 0.484 e. The van der Waals surface area contributed by atoms with Gasteiger partial charge < -0.3 is 9.72 Å². The Kier molecular flexibility index (Phi) is 4.60. The molecule has 2 aromatic heterocycles. The fourth-order valence-electron chi connectivity index (χ4n) is 2.89. The first-order valence-corrected chi connectivity index (χ1v) is 9.19. The molecule has 27 heavy (non-hydrogen) atoms. The number of carbonyl (C=O) groups excluding carboxylic acids is 1. The number of carbonyl (C=O) groups is 1. The van der Waals surface area contributed by atoms with Crippen LogP contribution in [0.2, 0.25) is 0 Å². The molecule has 136 valence electrons. The summed E-state index contributed by atoms with van der Waals surface area (Å²) >= 11 is 1.35. The van der Waals surface area contributed by atoms with E-state index >= 15 is 0 Å². The second kappa shape index (κ2) is 7.20. The Bertz CT molecular complexity index is 1100. The van der Waals surface area contributed by atoms with Crippen LogP contribution in [0.25, 0.3) is 22.2 Å². The molecule has 0 atom stereocenters. The maximum Gasteiger partial charge on any atom is 0.264 e. The first-order chi connectivity index (χ1) is 13.1. The van der Waals surface area contributed by atoms with E-state index in [1.54, 1.807) is 0 Å². The number of anilines is 1. The van der Waals surface area contributed by atoms with Gasteiger partial charge in [-0.2, -0.15) is 0 Å². The van der Waals surface area contributed by atoms with Crippen LogP contribution >= 0.6 is 11.3 Å². The highest BCUT2D eigenvalue weighted by Gasteiger charge is 2.14.